The molecule has 118 valence electrons. The first kappa shape index (κ1) is 16.1. The van der Waals surface area contributed by atoms with Crippen LogP contribution in [-0.4, -0.2) is 25.6 Å². The third kappa shape index (κ3) is 3.60. The van der Waals surface area contributed by atoms with Gasteiger partial charge in [-0.15, -0.1) is 0 Å². The molecule has 1 heterocycles. The van der Waals surface area contributed by atoms with E-state index in [1.54, 1.807) is 36.4 Å². The number of hydrogen-bond acceptors (Lipinski definition) is 5. The molecule has 1 N–H and O–H groups in total. The standard InChI is InChI=1S/C15H11BrN2O3S2/c1-23(20,21)11-6-7-12-13(8-11)22-15(17-12)18-14(19)9-2-4-10(16)5-3-9/h2-8H,1H3,(H,17,18,19). The molecule has 8 heteroatoms. The van der Waals surface area contributed by atoms with Gasteiger partial charge in [-0.2, -0.15) is 0 Å². The lowest BCUT2D eigenvalue weighted by atomic mass is 10.2. The molecule has 0 aliphatic heterocycles. The van der Waals surface area contributed by atoms with Gasteiger partial charge in [0.25, 0.3) is 5.91 Å². The summed E-state index contributed by atoms with van der Waals surface area (Å²) in [5, 5.41) is 3.16. The van der Waals surface area contributed by atoms with Crippen molar-refractivity contribution < 1.29 is 13.2 Å². The third-order valence-corrected chi connectivity index (χ3v) is 5.69. The van der Waals surface area contributed by atoms with E-state index < -0.39 is 9.84 Å². The molecule has 23 heavy (non-hydrogen) atoms. The van der Waals surface area contributed by atoms with Gasteiger partial charge in [-0.3, -0.25) is 10.1 Å². The molecule has 1 aromatic heterocycles. The average molecular weight is 411 g/mol. The van der Waals surface area contributed by atoms with Crippen LogP contribution in [-0.2, 0) is 9.84 Å². The topological polar surface area (TPSA) is 76.1 Å². The fraction of sp³-hybridized carbons (Fsp3) is 0.0667. The van der Waals surface area contributed by atoms with Crippen LogP contribution in [0.4, 0.5) is 5.13 Å². The van der Waals surface area contributed by atoms with Crippen LogP contribution in [0.5, 0.6) is 0 Å². The van der Waals surface area contributed by atoms with Crippen molar-refractivity contribution in [1.29, 1.82) is 0 Å². The fourth-order valence-corrected chi connectivity index (χ4v) is 3.85. The Morgan fingerprint density at radius 2 is 1.87 bits per heavy atom. The van der Waals surface area contributed by atoms with Gasteiger partial charge in [-0.25, -0.2) is 13.4 Å². The molecule has 0 spiro atoms. The molecule has 0 bridgehead atoms. The Morgan fingerprint density at radius 3 is 2.52 bits per heavy atom. The number of thiazole rings is 1. The van der Waals surface area contributed by atoms with Gasteiger partial charge in [0.2, 0.25) is 0 Å². The van der Waals surface area contributed by atoms with Crippen molar-refractivity contribution in [3.05, 3.63) is 52.5 Å². The van der Waals surface area contributed by atoms with Crippen LogP contribution in [0.15, 0.2) is 51.8 Å². The Labute approximate surface area is 145 Å². The lowest BCUT2D eigenvalue weighted by Gasteiger charge is -2.01. The summed E-state index contributed by atoms with van der Waals surface area (Å²) in [7, 11) is -3.27. The van der Waals surface area contributed by atoms with Gasteiger partial charge in [0.15, 0.2) is 15.0 Å². The summed E-state index contributed by atoms with van der Waals surface area (Å²) in [5.41, 5.74) is 1.16. The van der Waals surface area contributed by atoms with Crippen LogP contribution in [0.2, 0.25) is 0 Å². The number of fused-ring (bicyclic) bond motifs is 1. The zero-order chi connectivity index (χ0) is 16.6. The number of anilines is 1. The monoisotopic (exact) mass is 410 g/mol. The number of benzene rings is 2. The van der Waals surface area contributed by atoms with E-state index in [2.05, 4.69) is 26.2 Å². The van der Waals surface area contributed by atoms with E-state index in [0.717, 1.165) is 10.7 Å². The van der Waals surface area contributed by atoms with Crippen LogP contribution in [0.25, 0.3) is 10.2 Å². The number of hydrogen-bond donors (Lipinski definition) is 1. The number of sulfone groups is 1. The number of amides is 1. The van der Waals surface area contributed by atoms with Gasteiger partial charge in [-0.05, 0) is 42.5 Å². The molecule has 0 aliphatic rings. The molecule has 5 nitrogen and oxygen atoms in total. The summed E-state index contributed by atoms with van der Waals surface area (Å²) in [6, 6.07) is 11.7. The third-order valence-electron chi connectivity index (χ3n) is 3.11. The molecule has 0 aliphatic carbocycles. The Balaban J connectivity index is 1.89. The van der Waals surface area contributed by atoms with Gasteiger partial charge in [0.1, 0.15) is 0 Å². The van der Waals surface area contributed by atoms with E-state index in [-0.39, 0.29) is 10.8 Å². The molecule has 3 rings (SSSR count). The predicted molar refractivity (Wildman–Crippen MR) is 94.8 cm³/mol. The number of carbonyl (C=O) groups is 1. The van der Waals surface area contributed by atoms with Crippen LogP contribution in [0, 0.1) is 0 Å². The first-order valence-electron chi connectivity index (χ1n) is 6.50. The maximum absolute atomic E-state index is 12.2. The quantitative estimate of drug-likeness (QED) is 0.713. The van der Waals surface area contributed by atoms with Crippen molar-refractivity contribution in [2.24, 2.45) is 0 Å². The SMILES string of the molecule is CS(=O)(=O)c1ccc2nc(NC(=O)c3ccc(Br)cc3)sc2c1. The summed E-state index contributed by atoms with van der Waals surface area (Å²) in [6.45, 7) is 0. The number of carbonyl (C=O) groups excluding carboxylic acids is 1. The molecule has 0 atom stereocenters. The molecule has 0 saturated heterocycles. The summed E-state index contributed by atoms with van der Waals surface area (Å²) in [5.74, 6) is -0.264. The highest BCUT2D eigenvalue weighted by molar-refractivity contribution is 9.10. The molecular weight excluding hydrogens is 400 g/mol. The molecular formula is C15H11BrN2O3S2. The van der Waals surface area contributed by atoms with Crippen molar-refractivity contribution in [2.45, 2.75) is 4.90 Å². The minimum Gasteiger partial charge on any atom is -0.298 e. The fourth-order valence-electron chi connectivity index (χ4n) is 1.96. The normalized spacial score (nSPS) is 11.6. The second-order valence-corrected chi connectivity index (χ2v) is 8.84. The summed E-state index contributed by atoms with van der Waals surface area (Å²) in [4.78, 5) is 16.7. The first-order chi connectivity index (χ1) is 10.8. The number of rotatable bonds is 3. The van der Waals surface area contributed by atoms with Crippen LogP contribution in [0.3, 0.4) is 0 Å². The largest absolute Gasteiger partial charge is 0.298 e. The van der Waals surface area contributed by atoms with Crippen LogP contribution >= 0.6 is 27.3 Å². The minimum atomic E-state index is -3.27. The molecule has 0 radical (unpaired) electrons. The lowest BCUT2D eigenvalue weighted by molar-refractivity contribution is 0.102. The molecule has 1 amide bonds. The summed E-state index contributed by atoms with van der Waals surface area (Å²) in [6.07, 6.45) is 1.16. The van der Waals surface area contributed by atoms with E-state index in [4.69, 9.17) is 0 Å². The number of nitrogens with one attached hydrogen (secondary N) is 1. The van der Waals surface area contributed by atoms with Crippen molar-refractivity contribution in [3.8, 4) is 0 Å². The Hall–Kier alpha value is -1.77. The van der Waals surface area contributed by atoms with Crippen LogP contribution in [0.1, 0.15) is 10.4 Å². The average Bonchev–Trinajstić information content (AvgIpc) is 2.88. The van der Waals surface area contributed by atoms with E-state index in [9.17, 15) is 13.2 Å². The van der Waals surface area contributed by atoms with Crippen molar-refractivity contribution in [2.75, 3.05) is 11.6 Å². The van der Waals surface area contributed by atoms with E-state index in [1.165, 1.54) is 17.4 Å². The van der Waals surface area contributed by atoms with Gasteiger partial charge in [0, 0.05) is 16.3 Å². The van der Waals surface area contributed by atoms with E-state index in [0.29, 0.717) is 20.9 Å². The van der Waals surface area contributed by atoms with Crippen LogP contribution < -0.4 is 5.32 Å². The Kier molecular flexibility index (Phi) is 4.22. The highest BCUT2D eigenvalue weighted by Crippen LogP contribution is 2.28. The molecule has 0 unspecified atom stereocenters. The molecule has 0 saturated carbocycles. The van der Waals surface area contributed by atoms with E-state index in [1.807, 2.05) is 0 Å². The van der Waals surface area contributed by atoms with Crippen molar-refractivity contribution >= 4 is 58.4 Å². The number of halogens is 1. The minimum absolute atomic E-state index is 0.236. The van der Waals surface area contributed by atoms with Gasteiger partial charge in [-0.1, -0.05) is 27.3 Å². The predicted octanol–water partition coefficient (Wildman–Crippen LogP) is 3.71. The van der Waals surface area contributed by atoms with Crippen molar-refractivity contribution in [1.82, 2.24) is 4.98 Å². The number of aromatic nitrogens is 1. The lowest BCUT2D eigenvalue weighted by Crippen LogP contribution is -2.11. The van der Waals surface area contributed by atoms with E-state index >= 15 is 0 Å². The highest BCUT2D eigenvalue weighted by atomic mass is 79.9. The Morgan fingerprint density at radius 1 is 1.17 bits per heavy atom. The maximum Gasteiger partial charge on any atom is 0.257 e. The molecule has 0 fully saturated rings. The first-order valence-corrected chi connectivity index (χ1v) is 10.0. The smallest absolute Gasteiger partial charge is 0.257 e. The van der Waals surface area contributed by atoms with Gasteiger partial charge >= 0.3 is 0 Å². The second kappa shape index (κ2) is 6.03. The van der Waals surface area contributed by atoms with Gasteiger partial charge < -0.3 is 0 Å². The van der Waals surface area contributed by atoms with Gasteiger partial charge in [0.05, 0.1) is 15.1 Å². The highest BCUT2D eigenvalue weighted by Gasteiger charge is 2.13. The Bertz CT molecular complexity index is 995. The summed E-state index contributed by atoms with van der Waals surface area (Å²) < 4.78 is 24.8. The maximum atomic E-state index is 12.2. The molecule has 3 aromatic rings. The molecule has 2 aromatic carbocycles. The van der Waals surface area contributed by atoms with Crippen molar-refractivity contribution in [3.63, 3.8) is 0 Å². The zero-order valence-electron chi connectivity index (χ0n) is 11.9. The zero-order valence-corrected chi connectivity index (χ0v) is 15.1. The number of nitrogens with zero attached hydrogens (tertiary/aromatic N) is 1. The second-order valence-electron chi connectivity index (χ2n) is 4.88. The summed E-state index contributed by atoms with van der Waals surface area (Å²) >= 11 is 4.55.